The smallest absolute Gasteiger partial charge is 0.00417 e. The molecule has 0 aliphatic carbocycles. The molecule has 0 spiro atoms. The van der Waals surface area contributed by atoms with E-state index in [1.54, 1.807) is 0 Å². The lowest BCUT2D eigenvalue weighted by Crippen LogP contribution is -2.38. The van der Waals surface area contributed by atoms with E-state index in [4.69, 9.17) is 0 Å². The minimum atomic E-state index is 0.696. The van der Waals surface area contributed by atoms with Gasteiger partial charge in [-0.3, -0.25) is 0 Å². The zero-order valence-corrected chi connectivity index (χ0v) is 10.8. The number of hydrogen-bond donors (Lipinski definition) is 1. The number of hydrogen-bond acceptors (Lipinski definition) is 2. The van der Waals surface area contributed by atoms with Gasteiger partial charge >= 0.3 is 0 Å². The Bertz CT molecular complexity index is 155. The SMILES string of the molecule is CCCN1CCCC(CC(C)NCC)C1. The van der Waals surface area contributed by atoms with Gasteiger partial charge in [-0.1, -0.05) is 13.8 Å². The van der Waals surface area contributed by atoms with Crippen molar-refractivity contribution in [1.82, 2.24) is 10.2 Å². The van der Waals surface area contributed by atoms with Gasteiger partial charge in [0, 0.05) is 12.6 Å². The summed E-state index contributed by atoms with van der Waals surface area (Å²) in [5, 5.41) is 3.52. The molecule has 2 heteroatoms. The van der Waals surface area contributed by atoms with Crippen molar-refractivity contribution in [3.63, 3.8) is 0 Å². The molecule has 1 rings (SSSR count). The van der Waals surface area contributed by atoms with Crippen molar-refractivity contribution in [3.05, 3.63) is 0 Å². The second-order valence-corrected chi connectivity index (χ2v) is 5.00. The van der Waals surface area contributed by atoms with E-state index >= 15 is 0 Å². The second kappa shape index (κ2) is 7.24. The first-order valence-corrected chi connectivity index (χ1v) is 6.72. The van der Waals surface area contributed by atoms with Gasteiger partial charge < -0.3 is 10.2 Å². The topological polar surface area (TPSA) is 15.3 Å². The zero-order chi connectivity index (χ0) is 11.1. The van der Waals surface area contributed by atoms with Crippen LogP contribution >= 0.6 is 0 Å². The van der Waals surface area contributed by atoms with Crippen LogP contribution in [0.5, 0.6) is 0 Å². The Labute approximate surface area is 95.4 Å². The number of rotatable bonds is 6. The maximum atomic E-state index is 3.52. The third kappa shape index (κ3) is 4.98. The fourth-order valence-electron chi connectivity index (χ4n) is 2.79. The van der Waals surface area contributed by atoms with Crippen molar-refractivity contribution in [2.75, 3.05) is 26.2 Å². The lowest BCUT2D eigenvalue weighted by Gasteiger charge is -2.33. The molecule has 0 radical (unpaired) electrons. The molecule has 0 aromatic carbocycles. The van der Waals surface area contributed by atoms with E-state index in [9.17, 15) is 0 Å². The summed E-state index contributed by atoms with van der Waals surface area (Å²) in [5.74, 6) is 0.930. The Morgan fingerprint density at radius 2 is 2.20 bits per heavy atom. The average Bonchev–Trinajstić information content (AvgIpc) is 2.19. The molecule has 2 nitrogen and oxygen atoms in total. The van der Waals surface area contributed by atoms with Crippen molar-refractivity contribution in [2.45, 2.75) is 52.5 Å². The lowest BCUT2D eigenvalue weighted by atomic mass is 9.92. The predicted octanol–water partition coefficient (Wildman–Crippen LogP) is 2.50. The molecule has 2 atom stereocenters. The molecule has 0 aromatic rings. The summed E-state index contributed by atoms with van der Waals surface area (Å²) < 4.78 is 0. The molecule has 1 saturated heterocycles. The Kier molecular flexibility index (Phi) is 6.26. The molecule has 1 heterocycles. The van der Waals surface area contributed by atoms with Gasteiger partial charge in [0.15, 0.2) is 0 Å². The van der Waals surface area contributed by atoms with Gasteiger partial charge in [0.2, 0.25) is 0 Å². The third-order valence-corrected chi connectivity index (χ3v) is 3.38. The number of nitrogens with zero attached hydrogens (tertiary/aromatic N) is 1. The Morgan fingerprint density at radius 1 is 1.40 bits per heavy atom. The van der Waals surface area contributed by atoms with Crippen LogP contribution in [0.4, 0.5) is 0 Å². The van der Waals surface area contributed by atoms with E-state index in [1.165, 1.54) is 45.3 Å². The lowest BCUT2D eigenvalue weighted by molar-refractivity contribution is 0.162. The van der Waals surface area contributed by atoms with E-state index in [-0.39, 0.29) is 0 Å². The fraction of sp³-hybridized carbons (Fsp3) is 1.00. The maximum absolute atomic E-state index is 3.52. The molecular formula is C13H28N2. The van der Waals surface area contributed by atoms with E-state index in [0.29, 0.717) is 6.04 Å². The van der Waals surface area contributed by atoms with Crippen LogP contribution in [0.3, 0.4) is 0 Å². The predicted molar refractivity (Wildman–Crippen MR) is 67.2 cm³/mol. The highest BCUT2D eigenvalue weighted by molar-refractivity contribution is 4.76. The van der Waals surface area contributed by atoms with Gasteiger partial charge in [0.1, 0.15) is 0 Å². The highest BCUT2D eigenvalue weighted by Gasteiger charge is 2.20. The zero-order valence-electron chi connectivity index (χ0n) is 10.8. The van der Waals surface area contributed by atoms with Gasteiger partial charge in [-0.15, -0.1) is 0 Å². The van der Waals surface area contributed by atoms with Crippen LogP contribution in [0.15, 0.2) is 0 Å². The average molecular weight is 212 g/mol. The molecule has 1 N–H and O–H groups in total. The minimum absolute atomic E-state index is 0.696. The first-order valence-electron chi connectivity index (χ1n) is 6.72. The highest BCUT2D eigenvalue weighted by Crippen LogP contribution is 2.20. The van der Waals surface area contributed by atoms with Gasteiger partial charge in [0.25, 0.3) is 0 Å². The maximum Gasteiger partial charge on any atom is 0.00417 e. The molecule has 1 aliphatic rings. The second-order valence-electron chi connectivity index (χ2n) is 5.00. The van der Waals surface area contributed by atoms with Gasteiger partial charge in [-0.05, 0) is 58.2 Å². The summed E-state index contributed by atoms with van der Waals surface area (Å²) in [6.45, 7) is 11.9. The van der Waals surface area contributed by atoms with Crippen LogP contribution in [-0.2, 0) is 0 Å². The molecule has 2 unspecified atom stereocenters. The Morgan fingerprint density at radius 3 is 2.87 bits per heavy atom. The first-order chi connectivity index (χ1) is 7.26. The normalized spacial score (nSPS) is 25.4. The van der Waals surface area contributed by atoms with E-state index in [2.05, 4.69) is 31.0 Å². The Hall–Kier alpha value is -0.0800. The van der Waals surface area contributed by atoms with Gasteiger partial charge in [-0.25, -0.2) is 0 Å². The molecule has 90 valence electrons. The quantitative estimate of drug-likeness (QED) is 0.728. The molecular weight excluding hydrogens is 184 g/mol. The van der Waals surface area contributed by atoms with E-state index in [0.717, 1.165) is 12.5 Å². The molecule has 0 saturated carbocycles. The van der Waals surface area contributed by atoms with Crippen LogP contribution in [0.2, 0.25) is 0 Å². The molecule has 1 aliphatic heterocycles. The first kappa shape index (κ1) is 13.0. The van der Waals surface area contributed by atoms with E-state index < -0.39 is 0 Å². The van der Waals surface area contributed by atoms with Gasteiger partial charge in [-0.2, -0.15) is 0 Å². The number of piperidine rings is 1. The molecule has 0 aromatic heterocycles. The minimum Gasteiger partial charge on any atom is -0.315 e. The highest BCUT2D eigenvalue weighted by atomic mass is 15.1. The summed E-state index contributed by atoms with van der Waals surface area (Å²) in [6, 6.07) is 0.696. The molecule has 0 bridgehead atoms. The molecule has 1 fully saturated rings. The van der Waals surface area contributed by atoms with Crippen LogP contribution in [0.1, 0.15) is 46.5 Å². The summed E-state index contributed by atoms with van der Waals surface area (Å²) in [6.07, 6.45) is 5.50. The third-order valence-electron chi connectivity index (χ3n) is 3.38. The standard InChI is InChI=1S/C13H28N2/c1-4-8-15-9-6-7-13(11-15)10-12(3)14-5-2/h12-14H,4-11H2,1-3H3. The fourth-order valence-corrected chi connectivity index (χ4v) is 2.79. The summed E-state index contributed by atoms with van der Waals surface area (Å²) in [4.78, 5) is 2.65. The van der Waals surface area contributed by atoms with Crippen LogP contribution in [-0.4, -0.2) is 37.1 Å². The van der Waals surface area contributed by atoms with Crippen LogP contribution in [0.25, 0.3) is 0 Å². The van der Waals surface area contributed by atoms with Gasteiger partial charge in [0.05, 0.1) is 0 Å². The van der Waals surface area contributed by atoms with E-state index in [1.807, 2.05) is 0 Å². The Balaban J connectivity index is 2.23. The molecule has 0 amide bonds. The number of likely N-dealkylation sites (tertiary alicyclic amines) is 1. The molecule has 15 heavy (non-hydrogen) atoms. The summed E-state index contributed by atoms with van der Waals surface area (Å²) in [7, 11) is 0. The van der Waals surface area contributed by atoms with Crippen molar-refractivity contribution in [2.24, 2.45) is 5.92 Å². The van der Waals surface area contributed by atoms with Crippen LogP contribution < -0.4 is 5.32 Å². The number of nitrogens with one attached hydrogen (secondary N) is 1. The monoisotopic (exact) mass is 212 g/mol. The summed E-state index contributed by atoms with van der Waals surface area (Å²) in [5.41, 5.74) is 0. The van der Waals surface area contributed by atoms with Crippen molar-refractivity contribution in [1.29, 1.82) is 0 Å². The summed E-state index contributed by atoms with van der Waals surface area (Å²) >= 11 is 0. The van der Waals surface area contributed by atoms with Crippen molar-refractivity contribution >= 4 is 0 Å². The van der Waals surface area contributed by atoms with Crippen LogP contribution in [0, 0.1) is 5.92 Å². The largest absolute Gasteiger partial charge is 0.315 e. The van der Waals surface area contributed by atoms with Crippen molar-refractivity contribution < 1.29 is 0 Å². The van der Waals surface area contributed by atoms with Crippen molar-refractivity contribution in [3.8, 4) is 0 Å².